The second-order valence-electron chi connectivity index (χ2n) is 3.81. The molecule has 1 aromatic carbocycles. The van der Waals surface area contributed by atoms with Gasteiger partial charge < -0.3 is 4.74 Å². The first kappa shape index (κ1) is 12.6. The van der Waals surface area contributed by atoms with Gasteiger partial charge in [-0.2, -0.15) is 13.2 Å². The number of carbonyl (C=O) groups excluding carboxylic acids is 1. The molecule has 1 unspecified atom stereocenters. The SMILES string of the molecule is CCC1OC(C(F)(F)F)=c2ccccc2=NC1=O. The molecule has 0 aliphatic carbocycles. The van der Waals surface area contributed by atoms with E-state index in [1.807, 2.05) is 0 Å². The molecule has 1 aliphatic rings. The Bertz CT molecular complexity index is 592. The molecule has 0 N–H and O–H groups in total. The number of para-hydroxylation sites is 1. The summed E-state index contributed by atoms with van der Waals surface area (Å²) in [7, 11) is 0. The Morgan fingerprint density at radius 2 is 2.00 bits per heavy atom. The van der Waals surface area contributed by atoms with Gasteiger partial charge in [-0.1, -0.05) is 19.1 Å². The summed E-state index contributed by atoms with van der Waals surface area (Å²) in [5.74, 6) is -1.84. The Hall–Kier alpha value is -1.85. The van der Waals surface area contributed by atoms with Crippen LogP contribution in [0.5, 0.6) is 0 Å². The highest BCUT2D eigenvalue weighted by Gasteiger charge is 2.40. The van der Waals surface area contributed by atoms with E-state index in [4.69, 9.17) is 4.74 Å². The van der Waals surface area contributed by atoms with E-state index in [0.717, 1.165) is 0 Å². The number of halogens is 3. The summed E-state index contributed by atoms with van der Waals surface area (Å²) in [6.45, 7) is 1.57. The second kappa shape index (κ2) is 4.44. The maximum Gasteiger partial charge on any atom is 0.449 e. The molecule has 0 spiro atoms. The van der Waals surface area contributed by atoms with Crippen molar-refractivity contribution in [2.75, 3.05) is 0 Å². The maximum atomic E-state index is 12.9. The lowest BCUT2D eigenvalue weighted by Crippen LogP contribution is -2.32. The monoisotopic (exact) mass is 257 g/mol. The minimum Gasteiger partial charge on any atom is -0.475 e. The van der Waals surface area contributed by atoms with Crippen molar-refractivity contribution in [2.45, 2.75) is 25.6 Å². The van der Waals surface area contributed by atoms with E-state index in [1.165, 1.54) is 24.3 Å². The van der Waals surface area contributed by atoms with Crippen LogP contribution in [0, 0.1) is 0 Å². The molecule has 1 amide bonds. The van der Waals surface area contributed by atoms with Crippen molar-refractivity contribution in [3.05, 3.63) is 34.8 Å². The number of hydrogen-bond acceptors (Lipinski definition) is 2. The molecular weight excluding hydrogens is 247 g/mol. The molecule has 0 fully saturated rings. The number of hydrogen-bond donors (Lipinski definition) is 0. The molecule has 2 rings (SSSR count). The first-order valence-electron chi connectivity index (χ1n) is 5.39. The second-order valence-corrected chi connectivity index (χ2v) is 3.81. The Kier molecular flexibility index (Phi) is 3.11. The molecule has 1 aliphatic heterocycles. The molecule has 6 heteroatoms. The normalized spacial score (nSPS) is 19.7. The minimum absolute atomic E-state index is 0.00854. The molecule has 96 valence electrons. The van der Waals surface area contributed by atoms with Gasteiger partial charge in [0.1, 0.15) is 0 Å². The number of ether oxygens (including phenoxy) is 1. The highest BCUT2D eigenvalue weighted by atomic mass is 19.4. The van der Waals surface area contributed by atoms with Crippen LogP contribution in [0.2, 0.25) is 0 Å². The molecule has 1 aromatic rings. The summed E-state index contributed by atoms with van der Waals surface area (Å²) in [5.41, 5.74) is 0. The van der Waals surface area contributed by atoms with Crippen molar-refractivity contribution >= 4 is 11.7 Å². The summed E-state index contributed by atoms with van der Waals surface area (Å²) < 4.78 is 43.6. The summed E-state index contributed by atoms with van der Waals surface area (Å²) in [4.78, 5) is 15.3. The lowest BCUT2D eigenvalue weighted by Gasteiger charge is -2.17. The fourth-order valence-electron chi connectivity index (χ4n) is 1.69. The van der Waals surface area contributed by atoms with Crippen LogP contribution in [0.1, 0.15) is 13.3 Å². The zero-order chi connectivity index (χ0) is 13.3. The molecule has 3 nitrogen and oxygen atoms in total. The van der Waals surface area contributed by atoms with Gasteiger partial charge in [0.15, 0.2) is 6.10 Å². The van der Waals surface area contributed by atoms with Crippen LogP contribution < -0.4 is 10.6 Å². The van der Waals surface area contributed by atoms with Gasteiger partial charge >= 0.3 is 6.18 Å². The van der Waals surface area contributed by atoms with Crippen LogP contribution >= 0.6 is 0 Å². The van der Waals surface area contributed by atoms with Crippen molar-refractivity contribution in [3.63, 3.8) is 0 Å². The smallest absolute Gasteiger partial charge is 0.449 e. The van der Waals surface area contributed by atoms with E-state index in [2.05, 4.69) is 4.99 Å². The molecule has 0 bridgehead atoms. The molecule has 0 saturated heterocycles. The van der Waals surface area contributed by atoms with Crippen molar-refractivity contribution in [1.29, 1.82) is 0 Å². The molecule has 1 heterocycles. The molecule has 0 saturated carbocycles. The van der Waals surface area contributed by atoms with E-state index in [-0.39, 0.29) is 17.0 Å². The summed E-state index contributed by atoms with van der Waals surface area (Å²) in [6, 6.07) is 5.57. The Morgan fingerprint density at radius 1 is 1.33 bits per heavy atom. The molecule has 18 heavy (non-hydrogen) atoms. The number of amides is 1. The van der Waals surface area contributed by atoms with E-state index in [0.29, 0.717) is 0 Å². The van der Waals surface area contributed by atoms with Gasteiger partial charge in [-0.05, 0) is 18.6 Å². The average molecular weight is 257 g/mol. The van der Waals surface area contributed by atoms with E-state index in [1.54, 1.807) is 6.92 Å². The van der Waals surface area contributed by atoms with Crippen LogP contribution in [-0.4, -0.2) is 18.2 Å². The zero-order valence-corrected chi connectivity index (χ0v) is 9.49. The van der Waals surface area contributed by atoms with E-state index >= 15 is 0 Å². The van der Waals surface area contributed by atoms with Crippen LogP contribution in [0.3, 0.4) is 0 Å². The maximum absolute atomic E-state index is 12.9. The number of nitrogens with zero attached hydrogens (tertiary/aromatic N) is 1. The van der Waals surface area contributed by atoms with Gasteiger partial charge in [0.05, 0.1) is 5.36 Å². The van der Waals surface area contributed by atoms with Gasteiger partial charge in [0.2, 0.25) is 5.76 Å². The van der Waals surface area contributed by atoms with Crippen molar-refractivity contribution in [3.8, 4) is 0 Å². The lowest BCUT2D eigenvalue weighted by atomic mass is 10.2. The fraction of sp³-hybridized carbons (Fsp3) is 0.333. The molecule has 0 radical (unpaired) electrons. The predicted octanol–water partition coefficient (Wildman–Crippen LogP) is 1.31. The Labute approximate surface area is 101 Å². The predicted molar refractivity (Wildman–Crippen MR) is 56.9 cm³/mol. The number of alkyl halides is 3. The molecule has 1 atom stereocenters. The van der Waals surface area contributed by atoms with E-state index < -0.39 is 23.9 Å². The largest absolute Gasteiger partial charge is 0.475 e. The van der Waals surface area contributed by atoms with Gasteiger partial charge in [-0.15, -0.1) is 0 Å². The highest BCUT2D eigenvalue weighted by Crippen LogP contribution is 2.28. The standard InChI is InChI=1S/C12H10F3NO2/c1-2-9-11(17)16-8-6-4-3-5-7(8)10(18-9)12(13,14)15/h3-6,9H,2H2,1H3. The van der Waals surface area contributed by atoms with Crippen LogP contribution in [-0.2, 0) is 9.53 Å². The average Bonchev–Trinajstić information content (AvgIpc) is 2.44. The third kappa shape index (κ3) is 2.23. The number of carbonyl (C=O) groups is 1. The number of fused-ring (bicyclic) bond motifs is 1. The summed E-state index contributed by atoms with van der Waals surface area (Å²) in [6.07, 6.45) is -5.70. The van der Waals surface area contributed by atoms with Gasteiger partial charge in [0, 0.05) is 5.22 Å². The minimum atomic E-state index is -4.65. The Morgan fingerprint density at radius 3 is 2.61 bits per heavy atom. The first-order valence-corrected chi connectivity index (χ1v) is 5.39. The fourth-order valence-corrected chi connectivity index (χ4v) is 1.69. The quantitative estimate of drug-likeness (QED) is 0.761. The van der Waals surface area contributed by atoms with Crippen LogP contribution in [0.25, 0.3) is 5.76 Å². The molecule has 0 aromatic heterocycles. The van der Waals surface area contributed by atoms with E-state index in [9.17, 15) is 18.0 Å². The topological polar surface area (TPSA) is 38.7 Å². The Balaban J connectivity index is 2.78. The van der Waals surface area contributed by atoms with Crippen molar-refractivity contribution < 1.29 is 22.7 Å². The van der Waals surface area contributed by atoms with Crippen LogP contribution in [0.15, 0.2) is 29.3 Å². The zero-order valence-electron chi connectivity index (χ0n) is 9.49. The molecular formula is C12H10F3NO2. The van der Waals surface area contributed by atoms with Gasteiger partial charge in [-0.25, -0.2) is 4.99 Å². The number of benzene rings is 1. The lowest BCUT2D eigenvalue weighted by molar-refractivity contribution is -0.131. The van der Waals surface area contributed by atoms with Crippen molar-refractivity contribution in [2.24, 2.45) is 4.99 Å². The van der Waals surface area contributed by atoms with Gasteiger partial charge in [-0.3, -0.25) is 4.79 Å². The summed E-state index contributed by atoms with van der Waals surface area (Å²) >= 11 is 0. The third-order valence-corrected chi connectivity index (χ3v) is 2.54. The van der Waals surface area contributed by atoms with Gasteiger partial charge in [0.25, 0.3) is 5.91 Å². The highest BCUT2D eigenvalue weighted by molar-refractivity contribution is 5.82. The third-order valence-electron chi connectivity index (χ3n) is 2.54. The van der Waals surface area contributed by atoms with Crippen LogP contribution in [0.4, 0.5) is 13.2 Å². The summed E-state index contributed by atoms with van der Waals surface area (Å²) in [5, 5.41) is -0.208. The first-order chi connectivity index (χ1) is 8.43. The number of rotatable bonds is 1. The van der Waals surface area contributed by atoms with Crippen molar-refractivity contribution in [1.82, 2.24) is 0 Å².